The van der Waals surface area contributed by atoms with E-state index in [0.29, 0.717) is 24.1 Å². The van der Waals surface area contributed by atoms with Gasteiger partial charge >= 0.3 is 5.63 Å². The van der Waals surface area contributed by atoms with Crippen molar-refractivity contribution < 1.29 is 13.7 Å². The quantitative estimate of drug-likeness (QED) is 0.749. The van der Waals surface area contributed by atoms with Gasteiger partial charge in [-0.05, 0) is 44.5 Å². The van der Waals surface area contributed by atoms with Gasteiger partial charge in [-0.1, -0.05) is 5.16 Å². The fraction of sp³-hybridized carbons (Fsp3) is 0.235. The zero-order valence-electron chi connectivity index (χ0n) is 12.9. The van der Waals surface area contributed by atoms with E-state index in [2.05, 4.69) is 10.5 Å². The molecule has 0 aliphatic heterocycles. The average molecular weight is 312 g/mol. The van der Waals surface area contributed by atoms with Crippen molar-refractivity contribution in [2.45, 2.75) is 26.7 Å². The minimum atomic E-state index is -0.395. The molecule has 1 aromatic carbocycles. The molecule has 23 heavy (non-hydrogen) atoms. The first-order chi connectivity index (χ1) is 11.0. The molecule has 1 N–H and O–H groups in total. The molecule has 0 bridgehead atoms. The van der Waals surface area contributed by atoms with E-state index in [4.69, 9.17) is 8.94 Å². The van der Waals surface area contributed by atoms with Gasteiger partial charge in [-0.25, -0.2) is 4.79 Å². The number of hydrogen-bond donors (Lipinski definition) is 1. The number of rotatable bonds is 4. The lowest BCUT2D eigenvalue weighted by Gasteiger charge is -2.06. The van der Waals surface area contributed by atoms with E-state index in [1.54, 1.807) is 24.3 Å². The molecule has 0 atom stereocenters. The van der Waals surface area contributed by atoms with Crippen LogP contribution in [0.1, 0.15) is 23.4 Å². The Kier molecular flexibility index (Phi) is 3.97. The fourth-order valence-electron chi connectivity index (χ4n) is 2.47. The van der Waals surface area contributed by atoms with E-state index < -0.39 is 5.63 Å². The predicted molar refractivity (Wildman–Crippen MR) is 85.4 cm³/mol. The molecule has 3 aromatic rings. The number of benzene rings is 1. The van der Waals surface area contributed by atoms with Crippen molar-refractivity contribution >= 4 is 22.6 Å². The standard InChI is InChI=1S/C17H16N2O4/c1-10-14(11(2)23-19-10)5-7-16(20)18-13-4-6-15-12(9-13)3-8-17(21)22-15/h3-4,6,8-9H,5,7H2,1-2H3,(H,18,20). The molecule has 0 aliphatic carbocycles. The summed E-state index contributed by atoms with van der Waals surface area (Å²) in [5, 5.41) is 7.47. The van der Waals surface area contributed by atoms with Crippen LogP contribution in [0.25, 0.3) is 11.0 Å². The average Bonchev–Trinajstić information content (AvgIpc) is 2.84. The van der Waals surface area contributed by atoms with E-state index in [1.807, 2.05) is 13.8 Å². The summed E-state index contributed by atoms with van der Waals surface area (Å²) in [6, 6.07) is 8.16. The molecule has 0 radical (unpaired) electrons. The SMILES string of the molecule is Cc1noc(C)c1CCC(=O)Nc1ccc2oc(=O)ccc2c1. The van der Waals surface area contributed by atoms with Crippen molar-refractivity contribution in [2.24, 2.45) is 0 Å². The third kappa shape index (κ3) is 3.31. The highest BCUT2D eigenvalue weighted by Crippen LogP contribution is 2.19. The number of carbonyl (C=O) groups excluding carboxylic acids is 1. The van der Waals surface area contributed by atoms with Crippen molar-refractivity contribution in [1.29, 1.82) is 0 Å². The summed E-state index contributed by atoms with van der Waals surface area (Å²) in [5.41, 5.74) is 2.55. The van der Waals surface area contributed by atoms with Crippen LogP contribution in [0.4, 0.5) is 5.69 Å². The van der Waals surface area contributed by atoms with Gasteiger partial charge in [-0.2, -0.15) is 0 Å². The molecule has 118 valence electrons. The largest absolute Gasteiger partial charge is 0.423 e. The maximum absolute atomic E-state index is 12.1. The molecule has 0 unspecified atom stereocenters. The Balaban J connectivity index is 1.68. The molecule has 0 saturated heterocycles. The Labute approximate surface area is 132 Å². The number of nitrogens with one attached hydrogen (secondary N) is 1. The Hall–Kier alpha value is -2.89. The Morgan fingerprint density at radius 3 is 2.78 bits per heavy atom. The summed E-state index contributed by atoms with van der Waals surface area (Å²) in [6.07, 6.45) is 0.917. The number of carbonyl (C=O) groups is 1. The van der Waals surface area contributed by atoms with E-state index in [1.165, 1.54) is 6.07 Å². The van der Waals surface area contributed by atoms with Crippen LogP contribution in [0, 0.1) is 13.8 Å². The van der Waals surface area contributed by atoms with Gasteiger partial charge in [0.1, 0.15) is 11.3 Å². The van der Waals surface area contributed by atoms with E-state index in [9.17, 15) is 9.59 Å². The molecule has 6 heteroatoms. The lowest BCUT2D eigenvalue weighted by Crippen LogP contribution is -2.12. The van der Waals surface area contributed by atoms with Gasteiger partial charge in [-0.3, -0.25) is 4.79 Å². The van der Waals surface area contributed by atoms with Crippen molar-refractivity contribution in [1.82, 2.24) is 5.16 Å². The number of amides is 1. The lowest BCUT2D eigenvalue weighted by molar-refractivity contribution is -0.116. The number of fused-ring (bicyclic) bond motifs is 1. The molecule has 6 nitrogen and oxygen atoms in total. The van der Waals surface area contributed by atoms with Crippen LogP contribution in [0.5, 0.6) is 0 Å². The highest BCUT2D eigenvalue weighted by Gasteiger charge is 2.11. The molecule has 0 saturated carbocycles. The van der Waals surface area contributed by atoms with Crippen molar-refractivity contribution in [3.05, 3.63) is 57.8 Å². The van der Waals surface area contributed by atoms with Crippen LogP contribution in [0.2, 0.25) is 0 Å². The van der Waals surface area contributed by atoms with Crippen LogP contribution in [0.15, 0.2) is 44.1 Å². The van der Waals surface area contributed by atoms with Gasteiger partial charge in [-0.15, -0.1) is 0 Å². The Bertz CT molecular complexity index is 904. The highest BCUT2D eigenvalue weighted by molar-refractivity contribution is 5.93. The normalized spacial score (nSPS) is 10.9. The number of hydrogen-bond acceptors (Lipinski definition) is 5. The number of nitrogens with zero attached hydrogens (tertiary/aromatic N) is 1. The second-order valence-electron chi connectivity index (χ2n) is 5.36. The minimum Gasteiger partial charge on any atom is -0.423 e. The molecule has 2 heterocycles. The van der Waals surface area contributed by atoms with Crippen molar-refractivity contribution in [3.8, 4) is 0 Å². The topological polar surface area (TPSA) is 85.3 Å². The smallest absolute Gasteiger partial charge is 0.336 e. The lowest BCUT2D eigenvalue weighted by atomic mass is 10.1. The second kappa shape index (κ2) is 6.08. The first kappa shape index (κ1) is 15.0. The summed E-state index contributed by atoms with van der Waals surface area (Å²) in [6.45, 7) is 3.70. The molecular formula is C17H16N2O4. The Morgan fingerprint density at radius 1 is 1.22 bits per heavy atom. The van der Waals surface area contributed by atoms with Crippen LogP contribution >= 0.6 is 0 Å². The van der Waals surface area contributed by atoms with Crippen molar-refractivity contribution in [3.63, 3.8) is 0 Å². The third-order valence-electron chi connectivity index (χ3n) is 3.69. The monoisotopic (exact) mass is 312 g/mol. The van der Waals surface area contributed by atoms with Gasteiger partial charge < -0.3 is 14.3 Å². The molecule has 1 amide bonds. The predicted octanol–water partition coefficient (Wildman–Crippen LogP) is 2.97. The zero-order chi connectivity index (χ0) is 16.4. The Morgan fingerprint density at radius 2 is 2.04 bits per heavy atom. The maximum Gasteiger partial charge on any atom is 0.336 e. The summed E-state index contributed by atoms with van der Waals surface area (Å²) < 4.78 is 10.1. The fourth-order valence-corrected chi connectivity index (χ4v) is 2.47. The van der Waals surface area contributed by atoms with Crippen molar-refractivity contribution in [2.75, 3.05) is 5.32 Å². The van der Waals surface area contributed by atoms with Crippen LogP contribution in [0.3, 0.4) is 0 Å². The number of anilines is 1. The molecule has 3 rings (SSSR count). The van der Waals surface area contributed by atoms with Crippen LogP contribution < -0.4 is 10.9 Å². The number of aromatic nitrogens is 1. The summed E-state index contributed by atoms with van der Waals surface area (Å²) >= 11 is 0. The van der Waals surface area contributed by atoms with E-state index in [0.717, 1.165) is 22.4 Å². The van der Waals surface area contributed by atoms with E-state index in [-0.39, 0.29) is 5.91 Å². The summed E-state index contributed by atoms with van der Waals surface area (Å²) in [5.74, 6) is 0.651. The first-order valence-corrected chi connectivity index (χ1v) is 7.28. The minimum absolute atomic E-state index is 0.0956. The third-order valence-corrected chi connectivity index (χ3v) is 3.69. The molecular weight excluding hydrogens is 296 g/mol. The molecule has 0 aliphatic rings. The van der Waals surface area contributed by atoms with Crippen LogP contribution in [-0.2, 0) is 11.2 Å². The van der Waals surface area contributed by atoms with E-state index >= 15 is 0 Å². The summed E-state index contributed by atoms with van der Waals surface area (Å²) in [4.78, 5) is 23.2. The first-order valence-electron chi connectivity index (χ1n) is 7.28. The molecule has 0 fully saturated rings. The maximum atomic E-state index is 12.1. The summed E-state index contributed by atoms with van der Waals surface area (Å²) in [7, 11) is 0. The number of aryl methyl sites for hydroxylation is 2. The second-order valence-corrected chi connectivity index (χ2v) is 5.36. The molecule has 2 aromatic heterocycles. The van der Waals surface area contributed by atoms with Gasteiger partial charge in [0.25, 0.3) is 0 Å². The van der Waals surface area contributed by atoms with Gasteiger partial charge in [0.15, 0.2) is 0 Å². The van der Waals surface area contributed by atoms with Gasteiger partial charge in [0.05, 0.1) is 5.69 Å². The van der Waals surface area contributed by atoms with Crippen LogP contribution in [-0.4, -0.2) is 11.1 Å². The zero-order valence-corrected chi connectivity index (χ0v) is 12.9. The highest BCUT2D eigenvalue weighted by atomic mass is 16.5. The van der Waals surface area contributed by atoms with Gasteiger partial charge in [0, 0.05) is 29.1 Å². The molecule has 0 spiro atoms. The van der Waals surface area contributed by atoms with Gasteiger partial charge in [0.2, 0.25) is 5.91 Å².